The normalized spacial score (nSPS) is 19.3. The SMILES string of the molecule is CCOCCCN1C(=O)CN(S(=O)(=O)c2ccc(C)cc2)CC1(C)C(=O)NCc1ccccc1. The highest BCUT2D eigenvalue weighted by Crippen LogP contribution is 2.28. The number of ether oxygens (including phenoxy) is 1. The Hall–Kier alpha value is -2.75. The van der Waals surface area contributed by atoms with Gasteiger partial charge in [0.25, 0.3) is 0 Å². The van der Waals surface area contributed by atoms with Crippen molar-refractivity contribution in [1.82, 2.24) is 14.5 Å². The number of nitrogens with one attached hydrogen (secondary N) is 1. The van der Waals surface area contributed by atoms with Crippen molar-refractivity contribution >= 4 is 21.8 Å². The first-order chi connectivity index (χ1) is 16.2. The quantitative estimate of drug-likeness (QED) is 0.519. The van der Waals surface area contributed by atoms with Crippen molar-refractivity contribution in [2.75, 3.05) is 32.8 Å². The number of hydrogen-bond donors (Lipinski definition) is 1. The molecular formula is C25H33N3O5S. The maximum absolute atomic E-state index is 13.4. The number of hydrogen-bond acceptors (Lipinski definition) is 5. The third-order valence-corrected chi connectivity index (χ3v) is 7.82. The fourth-order valence-electron chi connectivity index (χ4n) is 4.03. The molecule has 1 fully saturated rings. The number of carbonyl (C=O) groups excluding carboxylic acids is 2. The van der Waals surface area contributed by atoms with Crippen molar-refractivity contribution in [2.45, 2.75) is 44.2 Å². The van der Waals surface area contributed by atoms with Gasteiger partial charge in [-0.05, 0) is 44.9 Å². The van der Waals surface area contributed by atoms with Crippen LogP contribution in [0.3, 0.4) is 0 Å². The third-order valence-electron chi connectivity index (χ3n) is 6.01. The van der Waals surface area contributed by atoms with E-state index >= 15 is 0 Å². The molecule has 1 aliphatic rings. The maximum atomic E-state index is 13.4. The number of nitrogens with zero attached hydrogens (tertiary/aromatic N) is 2. The largest absolute Gasteiger partial charge is 0.382 e. The molecule has 2 aromatic carbocycles. The van der Waals surface area contributed by atoms with E-state index in [0.717, 1.165) is 15.4 Å². The summed E-state index contributed by atoms with van der Waals surface area (Å²) in [5.74, 6) is -0.805. The maximum Gasteiger partial charge on any atom is 0.247 e. The number of piperazine rings is 1. The number of rotatable bonds is 10. The Bertz CT molecular complexity index is 1090. The lowest BCUT2D eigenvalue weighted by Crippen LogP contribution is -2.69. The van der Waals surface area contributed by atoms with E-state index in [2.05, 4.69) is 5.32 Å². The number of aryl methyl sites for hydroxylation is 1. The average molecular weight is 488 g/mol. The summed E-state index contributed by atoms with van der Waals surface area (Å²) < 4.78 is 33.2. The topological polar surface area (TPSA) is 96.0 Å². The summed E-state index contributed by atoms with van der Waals surface area (Å²) in [6.07, 6.45) is 0.547. The Labute approximate surface area is 201 Å². The minimum absolute atomic E-state index is 0.0998. The molecule has 184 valence electrons. The van der Waals surface area contributed by atoms with Crippen molar-refractivity contribution < 1.29 is 22.7 Å². The van der Waals surface area contributed by atoms with Crippen LogP contribution in [0.1, 0.15) is 31.4 Å². The van der Waals surface area contributed by atoms with Gasteiger partial charge >= 0.3 is 0 Å². The summed E-state index contributed by atoms with van der Waals surface area (Å²) in [5, 5.41) is 2.89. The first-order valence-electron chi connectivity index (χ1n) is 11.5. The Morgan fingerprint density at radius 3 is 2.44 bits per heavy atom. The number of amides is 2. The van der Waals surface area contributed by atoms with Crippen molar-refractivity contribution in [2.24, 2.45) is 0 Å². The van der Waals surface area contributed by atoms with Crippen molar-refractivity contribution in [3.8, 4) is 0 Å². The summed E-state index contributed by atoms with van der Waals surface area (Å²) in [7, 11) is -3.95. The summed E-state index contributed by atoms with van der Waals surface area (Å²) in [4.78, 5) is 28.2. The molecule has 0 radical (unpaired) electrons. The van der Waals surface area contributed by atoms with Gasteiger partial charge in [0.1, 0.15) is 5.54 Å². The summed E-state index contributed by atoms with van der Waals surface area (Å²) >= 11 is 0. The monoisotopic (exact) mass is 487 g/mol. The molecule has 1 saturated heterocycles. The Morgan fingerprint density at radius 2 is 1.79 bits per heavy atom. The van der Waals surface area contributed by atoms with E-state index in [9.17, 15) is 18.0 Å². The van der Waals surface area contributed by atoms with Crippen LogP contribution < -0.4 is 5.32 Å². The molecule has 0 aliphatic carbocycles. The second-order valence-electron chi connectivity index (χ2n) is 8.62. The van der Waals surface area contributed by atoms with Crippen LogP contribution >= 0.6 is 0 Å². The standard InChI is InChI=1S/C25H33N3O5S/c1-4-33-16-8-15-28-23(29)18-27(34(31,32)22-13-11-20(2)12-14-22)19-25(28,3)24(30)26-17-21-9-6-5-7-10-21/h5-7,9-14H,4,8,15-19H2,1-3H3,(H,26,30). The summed E-state index contributed by atoms with van der Waals surface area (Å²) in [6, 6.07) is 15.9. The Kier molecular flexibility index (Phi) is 8.46. The third kappa shape index (κ3) is 5.84. The lowest BCUT2D eigenvalue weighted by atomic mass is 9.95. The van der Waals surface area contributed by atoms with Crippen LogP contribution in [0.15, 0.2) is 59.5 Å². The van der Waals surface area contributed by atoms with Crippen molar-refractivity contribution in [3.63, 3.8) is 0 Å². The summed E-state index contributed by atoms with van der Waals surface area (Å²) in [5.41, 5.74) is 0.474. The first-order valence-corrected chi connectivity index (χ1v) is 12.9. The molecule has 2 amide bonds. The first kappa shape index (κ1) is 25.9. The van der Waals surface area contributed by atoms with Gasteiger partial charge in [-0.2, -0.15) is 4.31 Å². The molecule has 0 saturated carbocycles. The van der Waals surface area contributed by atoms with Gasteiger partial charge < -0.3 is 15.0 Å². The van der Waals surface area contributed by atoms with Gasteiger partial charge in [0.05, 0.1) is 11.4 Å². The minimum atomic E-state index is -3.95. The van der Waals surface area contributed by atoms with Crippen LogP contribution in [0.25, 0.3) is 0 Å². The van der Waals surface area contributed by atoms with Gasteiger partial charge in [0, 0.05) is 32.8 Å². The van der Waals surface area contributed by atoms with Crippen molar-refractivity contribution in [1.29, 1.82) is 0 Å². The highest BCUT2D eigenvalue weighted by molar-refractivity contribution is 7.89. The zero-order chi connectivity index (χ0) is 24.8. The molecule has 0 aromatic heterocycles. The molecule has 2 aromatic rings. The van der Waals surface area contributed by atoms with E-state index in [1.165, 1.54) is 17.0 Å². The molecular weight excluding hydrogens is 454 g/mol. The fraction of sp³-hybridized carbons (Fsp3) is 0.440. The number of sulfonamides is 1. The van der Waals surface area contributed by atoms with Gasteiger partial charge in [0.15, 0.2) is 0 Å². The molecule has 3 rings (SSSR count). The fourth-order valence-corrected chi connectivity index (χ4v) is 5.51. The lowest BCUT2D eigenvalue weighted by molar-refractivity contribution is -0.153. The molecule has 1 unspecified atom stereocenters. The van der Waals surface area contributed by atoms with E-state index in [0.29, 0.717) is 26.2 Å². The average Bonchev–Trinajstić information content (AvgIpc) is 2.82. The van der Waals surface area contributed by atoms with Crippen molar-refractivity contribution in [3.05, 3.63) is 65.7 Å². The molecule has 1 atom stereocenters. The van der Waals surface area contributed by atoms with Crippen LogP contribution in [0, 0.1) is 6.92 Å². The van der Waals surface area contributed by atoms with E-state index < -0.39 is 27.4 Å². The van der Waals surface area contributed by atoms with Crippen LogP contribution in [0.4, 0.5) is 0 Å². The highest BCUT2D eigenvalue weighted by Gasteiger charge is 2.50. The second kappa shape index (κ2) is 11.1. The van der Waals surface area contributed by atoms with E-state index in [1.807, 2.05) is 44.2 Å². The van der Waals surface area contributed by atoms with E-state index in [4.69, 9.17) is 4.74 Å². The smallest absolute Gasteiger partial charge is 0.247 e. The molecule has 34 heavy (non-hydrogen) atoms. The highest BCUT2D eigenvalue weighted by atomic mass is 32.2. The van der Waals surface area contributed by atoms with Gasteiger partial charge in [-0.3, -0.25) is 9.59 Å². The van der Waals surface area contributed by atoms with Gasteiger partial charge in [-0.25, -0.2) is 8.42 Å². The van der Waals surface area contributed by atoms with Crippen LogP contribution in [-0.2, 0) is 30.9 Å². The molecule has 1 N–H and O–H groups in total. The zero-order valence-corrected chi connectivity index (χ0v) is 20.8. The Balaban J connectivity index is 1.86. The molecule has 9 heteroatoms. The summed E-state index contributed by atoms with van der Waals surface area (Å²) in [6.45, 7) is 6.53. The lowest BCUT2D eigenvalue weighted by Gasteiger charge is -2.46. The van der Waals surface area contributed by atoms with Crippen LogP contribution in [0.5, 0.6) is 0 Å². The molecule has 0 spiro atoms. The second-order valence-corrected chi connectivity index (χ2v) is 10.6. The van der Waals surface area contributed by atoms with E-state index in [-0.39, 0.29) is 24.5 Å². The van der Waals surface area contributed by atoms with E-state index in [1.54, 1.807) is 19.1 Å². The molecule has 0 bridgehead atoms. The Morgan fingerprint density at radius 1 is 1.12 bits per heavy atom. The molecule has 1 aliphatic heterocycles. The predicted octanol–water partition coefficient (Wildman–Crippen LogP) is 2.33. The number of benzene rings is 2. The van der Waals surface area contributed by atoms with Gasteiger partial charge in [-0.1, -0.05) is 48.0 Å². The predicted molar refractivity (Wildman–Crippen MR) is 129 cm³/mol. The van der Waals surface area contributed by atoms with Gasteiger partial charge in [-0.15, -0.1) is 0 Å². The zero-order valence-electron chi connectivity index (χ0n) is 20.0. The minimum Gasteiger partial charge on any atom is -0.382 e. The van der Waals surface area contributed by atoms with Crippen LogP contribution in [-0.4, -0.2) is 67.8 Å². The van der Waals surface area contributed by atoms with Gasteiger partial charge in [0.2, 0.25) is 21.8 Å². The molecule has 1 heterocycles. The number of carbonyl (C=O) groups is 2. The van der Waals surface area contributed by atoms with Crippen LogP contribution in [0.2, 0.25) is 0 Å². The molecule has 8 nitrogen and oxygen atoms in total.